The number of hydrogen-bond acceptors (Lipinski definition) is 4. The first kappa shape index (κ1) is 16.4. The van der Waals surface area contributed by atoms with Crippen molar-refractivity contribution >= 4 is 15.9 Å². The lowest BCUT2D eigenvalue weighted by Crippen LogP contribution is -2.31. The molecular weight excluding hydrogens is 268 g/mol. The molecule has 1 amide bonds. The van der Waals surface area contributed by atoms with Crippen LogP contribution in [-0.4, -0.2) is 51.3 Å². The fourth-order valence-electron chi connectivity index (χ4n) is 2.11. The third kappa shape index (κ3) is 7.49. The average Bonchev–Trinajstić information content (AvgIpc) is 2.35. The molecule has 1 atom stereocenters. The molecule has 1 rings (SSSR count). The van der Waals surface area contributed by atoms with Crippen molar-refractivity contribution in [3.8, 4) is 0 Å². The summed E-state index contributed by atoms with van der Waals surface area (Å²) in [4.78, 5) is 13.4. The molecule has 6 nitrogen and oxygen atoms in total. The van der Waals surface area contributed by atoms with Crippen LogP contribution in [0.4, 0.5) is 0 Å². The number of sulfonamides is 1. The van der Waals surface area contributed by atoms with E-state index in [-0.39, 0.29) is 30.6 Å². The quantitative estimate of drug-likeness (QED) is 0.738. The van der Waals surface area contributed by atoms with Gasteiger partial charge in [-0.25, -0.2) is 13.6 Å². The lowest BCUT2D eigenvalue weighted by Gasteiger charge is -2.25. The largest absolute Gasteiger partial charge is 0.378 e. The predicted molar refractivity (Wildman–Crippen MR) is 73.1 cm³/mol. The first-order chi connectivity index (χ1) is 8.88. The van der Waals surface area contributed by atoms with Gasteiger partial charge in [0.25, 0.3) is 0 Å². The number of rotatable bonds is 7. The van der Waals surface area contributed by atoms with Crippen molar-refractivity contribution in [2.24, 2.45) is 5.14 Å². The molecule has 0 bridgehead atoms. The maximum absolute atomic E-state index is 11.8. The molecule has 19 heavy (non-hydrogen) atoms. The summed E-state index contributed by atoms with van der Waals surface area (Å²) in [6.07, 6.45) is 4.98. The van der Waals surface area contributed by atoms with Gasteiger partial charge in [0.05, 0.1) is 11.9 Å². The van der Waals surface area contributed by atoms with E-state index in [9.17, 15) is 13.2 Å². The number of ether oxygens (including phenoxy) is 1. The highest BCUT2D eigenvalue weighted by molar-refractivity contribution is 7.89. The Labute approximate surface area is 115 Å². The van der Waals surface area contributed by atoms with E-state index in [1.165, 1.54) is 6.42 Å². The molecule has 0 aromatic rings. The summed E-state index contributed by atoms with van der Waals surface area (Å²) in [5, 5.41) is 4.88. The summed E-state index contributed by atoms with van der Waals surface area (Å²) in [5.41, 5.74) is 0. The number of nitrogens with two attached hydrogens (primary N) is 1. The molecular formula is C12H24N2O4S. The molecule has 1 heterocycles. The number of carbonyl (C=O) groups excluding carboxylic acids is 1. The highest BCUT2D eigenvalue weighted by Crippen LogP contribution is 2.15. The molecule has 0 saturated carbocycles. The molecule has 1 unspecified atom stereocenters. The maximum atomic E-state index is 11.8. The Balaban J connectivity index is 2.17. The Morgan fingerprint density at radius 1 is 1.42 bits per heavy atom. The third-order valence-corrected chi connectivity index (χ3v) is 4.16. The second-order valence-corrected chi connectivity index (χ2v) is 6.80. The van der Waals surface area contributed by atoms with Gasteiger partial charge in [-0.2, -0.15) is 0 Å². The van der Waals surface area contributed by atoms with Crippen molar-refractivity contribution < 1.29 is 17.9 Å². The number of nitrogens with zero attached hydrogens (tertiary/aromatic N) is 1. The normalized spacial score (nSPS) is 20.2. The molecule has 1 aliphatic rings. The van der Waals surface area contributed by atoms with Gasteiger partial charge in [0.15, 0.2) is 0 Å². The molecule has 0 spiro atoms. The van der Waals surface area contributed by atoms with Crippen LogP contribution in [0.3, 0.4) is 0 Å². The Morgan fingerprint density at radius 2 is 2.16 bits per heavy atom. The van der Waals surface area contributed by atoms with Crippen LogP contribution in [0.5, 0.6) is 0 Å². The van der Waals surface area contributed by atoms with Gasteiger partial charge in [-0.1, -0.05) is 0 Å². The van der Waals surface area contributed by atoms with Crippen LogP contribution in [0.2, 0.25) is 0 Å². The van der Waals surface area contributed by atoms with E-state index in [1.807, 2.05) is 0 Å². The zero-order valence-electron chi connectivity index (χ0n) is 11.5. The molecule has 0 aromatic carbocycles. The van der Waals surface area contributed by atoms with Gasteiger partial charge in [0.1, 0.15) is 0 Å². The highest BCUT2D eigenvalue weighted by Gasteiger charge is 2.16. The Morgan fingerprint density at radius 3 is 2.74 bits per heavy atom. The number of amides is 1. The lowest BCUT2D eigenvalue weighted by atomic mass is 10.1. The van der Waals surface area contributed by atoms with Crippen LogP contribution in [-0.2, 0) is 19.6 Å². The Hall–Kier alpha value is -0.660. The van der Waals surface area contributed by atoms with Crippen LogP contribution in [0.1, 0.15) is 38.5 Å². The monoisotopic (exact) mass is 292 g/mol. The third-order valence-electron chi connectivity index (χ3n) is 3.31. The number of hydrogen-bond donors (Lipinski definition) is 1. The number of primary sulfonamides is 1. The van der Waals surface area contributed by atoms with Crippen molar-refractivity contribution in [1.82, 2.24) is 4.90 Å². The molecule has 1 saturated heterocycles. The van der Waals surface area contributed by atoms with E-state index in [1.54, 1.807) is 11.9 Å². The molecule has 2 N–H and O–H groups in total. The van der Waals surface area contributed by atoms with E-state index >= 15 is 0 Å². The van der Waals surface area contributed by atoms with Gasteiger partial charge in [0.2, 0.25) is 15.9 Å². The van der Waals surface area contributed by atoms with Crippen LogP contribution < -0.4 is 5.14 Å². The second-order valence-electron chi connectivity index (χ2n) is 5.06. The minimum atomic E-state index is -3.47. The average molecular weight is 292 g/mol. The van der Waals surface area contributed by atoms with Crippen molar-refractivity contribution in [1.29, 1.82) is 0 Å². The standard InChI is InChI=1S/C12H24N2O4S/c1-14(8-7-11-5-2-3-9-18-11)12(15)6-4-10-19(13,16)17/h11H,2-10H2,1H3,(H2,13,16,17). The molecule has 112 valence electrons. The van der Waals surface area contributed by atoms with E-state index in [4.69, 9.17) is 9.88 Å². The first-order valence-electron chi connectivity index (χ1n) is 6.74. The van der Waals surface area contributed by atoms with Crippen molar-refractivity contribution in [2.75, 3.05) is 26.0 Å². The minimum Gasteiger partial charge on any atom is -0.378 e. The van der Waals surface area contributed by atoms with Crippen molar-refractivity contribution in [3.63, 3.8) is 0 Å². The van der Waals surface area contributed by atoms with E-state index < -0.39 is 10.0 Å². The van der Waals surface area contributed by atoms with Crippen LogP contribution in [0, 0.1) is 0 Å². The lowest BCUT2D eigenvalue weighted by molar-refractivity contribution is -0.130. The van der Waals surface area contributed by atoms with Gasteiger partial charge in [-0.15, -0.1) is 0 Å². The minimum absolute atomic E-state index is 0.0422. The first-order valence-corrected chi connectivity index (χ1v) is 8.46. The topological polar surface area (TPSA) is 89.7 Å². The van der Waals surface area contributed by atoms with Crippen LogP contribution >= 0.6 is 0 Å². The summed E-state index contributed by atoms with van der Waals surface area (Å²) in [6, 6.07) is 0. The summed E-state index contributed by atoms with van der Waals surface area (Å²) in [5.74, 6) is -0.183. The molecule has 1 fully saturated rings. The summed E-state index contributed by atoms with van der Waals surface area (Å²) in [7, 11) is -1.73. The van der Waals surface area contributed by atoms with E-state index in [0.717, 1.165) is 25.9 Å². The smallest absolute Gasteiger partial charge is 0.222 e. The maximum Gasteiger partial charge on any atom is 0.222 e. The highest BCUT2D eigenvalue weighted by atomic mass is 32.2. The van der Waals surface area contributed by atoms with Gasteiger partial charge >= 0.3 is 0 Å². The van der Waals surface area contributed by atoms with Gasteiger partial charge in [0, 0.05) is 26.6 Å². The fraction of sp³-hybridized carbons (Fsp3) is 0.917. The second kappa shape index (κ2) is 7.81. The van der Waals surface area contributed by atoms with Crippen molar-refractivity contribution in [2.45, 2.75) is 44.6 Å². The summed E-state index contributed by atoms with van der Waals surface area (Å²) < 4.78 is 27.1. The predicted octanol–water partition coefficient (Wildman–Crippen LogP) is 0.473. The molecule has 1 aliphatic heterocycles. The van der Waals surface area contributed by atoms with Crippen LogP contribution in [0.15, 0.2) is 0 Å². The SMILES string of the molecule is CN(CCC1CCCCO1)C(=O)CCCS(N)(=O)=O. The van der Waals surface area contributed by atoms with Gasteiger partial charge < -0.3 is 9.64 Å². The summed E-state index contributed by atoms with van der Waals surface area (Å²) >= 11 is 0. The molecule has 0 aliphatic carbocycles. The van der Waals surface area contributed by atoms with Crippen molar-refractivity contribution in [3.05, 3.63) is 0 Å². The molecule has 7 heteroatoms. The van der Waals surface area contributed by atoms with Crippen LogP contribution in [0.25, 0.3) is 0 Å². The number of carbonyl (C=O) groups is 1. The van der Waals surface area contributed by atoms with Gasteiger partial charge in [-0.05, 0) is 32.1 Å². The fourth-order valence-corrected chi connectivity index (χ4v) is 2.66. The molecule has 0 radical (unpaired) electrons. The summed E-state index contributed by atoms with van der Waals surface area (Å²) in [6.45, 7) is 1.47. The zero-order valence-corrected chi connectivity index (χ0v) is 12.3. The zero-order chi connectivity index (χ0) is 14.3. The van der Waals surface area contributed by atoms with E-state index in [2.05, 4.69) is 0 Å². The van der Waals surface area contributed by atoms with Gasteiger partial charge in [-0.3, -0.25) is 4.79 Å². The molecule has 0 aromatic heterocycles. The Bertz CT molecular complexity index is 377. The van der Waals surface area contributed by atoms with E-state index in [0.29, 0.717) is 6.54 Å². The Kier molecular flexibility index (Phi) is 6.74.